The molecule has 5 nitrogen and oxygen atoms in total. The highest BCUT2D eigenvalue weighted by Crippen LogP contribution is 2.31. The molecule has 1 atom stereocenters. The molecular formula is C10H21N3O2S. The highest BCUT2D eigenvalue weighted by Gasteiger charge is 2.41. The lowest BCUT2D eigenvalue weighted by Crippen LogP contribution is -2.42. The summed E-state index contributed by atoms with van der Waals surface area (Å²) in [5.74, 6) is 0. The summed E-state index contributed by atoms with van der Waals surface area (Å²) >= 11 is 0. The van der Waals surface area contributed by atoms with Crippen molar-refractivity contribution in [3.63, 3.8) is 0 Å². The lowest BCUT2D eigenvalue weighted by Gasteiger charge is -2.25. The van der Waals surface area contributed by atoms with Gasteiger partial charge in [-0.05, 0) is 31.2 Å². The Morgan fingerprint density at radius 3 is 2.31 bits per heavy atom. The molecule has 2 aliphatic heterocycles. The van der Waals surface area contributed by atoms with Crippen molar-refractivity contribution in [1.82, 2.24) is 8.61 Å². The standard InChI is InChI=1S/C10H21N3O2S/c1-10(8-11)4-7-13(9-10)16(14,15)12-5-2-3-6-12/h2-9,11H2,1H3. The third kappa shape index (κ3) is 2.11. The van der Waals surface area contributed by atoms with Crippen LogP contribution in [0.1, 0.15) is 26.2 Å². The van der Waals surface area contributed by atoms with Crippen LogP contribution in [0.5, 0.6) is 0 Å². The molecule has 0 aliphatic carbocycles. The summed E-state index contributed by atoms with van der Waals surface area (Å²) in [6.07, 6.45) is 2.85. The van der Waals surface area contributed by atoms with Gasteiger partial charge in [0, 0.05) is 26.2 Å². The molecule has 0 radical (unpaired) electrons. The summed E-state index contributed by atoms with van der Waals surface area (Å²) in [7, 11) is -3.21. The van der Waals surface area contributed by atoms with E-state index in [1.807, 2.05) is 0 Å². The van der Waals surface area contributed by atoms with E-state index in [9.17, 15) is 8.42 Å². The van der Waals surface area contributed by atoms with E-state index in [-0.39, 0.29) is 5.41 Å². The van der Waals surface area contributed by atoms with Gasteiger partial charge >= 0.3 is 0 Å². The van der Waals surface area contributed by atoms with Gasteiger partial charge in [-0.15, -0.1) is 0 Å². The highest BCUT2D eigenvalue weighted by molar-refractivity contribution is 7.86. The summed E-state index contributed by atoms with van der Waals surface area (Å²) in [5, 5.41) is 0. The molecule has 0 aromatic heterocycles. The lowest BCUT2D eigenvalue weighted by molar-refractivity contribution is 0.335. The van der Waals surface area contributed by atoms with Crippen molar-refractivity contribution < 1.29 is 8.42 Å². The van der Waals surface area contributed by atoms with E-state index in [2.05, 4.69) is 6.92 Å². The highest BCUT2D eigenvalue weighted by atomic mass is 32.2. The molecule has 0 amide bonds. The Labute approximate surface area is 97.8 Å². The number of hydrogen-bond donors (Lipinski definition) is 1. The molecule has 1 unspecified atom stereocenters. The topological polar surface area (TPSA) is 66.6 Å². The fourth-order valence-electron chi connectivity index (χ4n) is 2.42. The maximum atomic E-state index is 12.2. The van der Waals surface area contributed by atoms with E-state index < -0.39 is 10.2 Å². The predicted molar refractivity (Wildman–Crippen MR) is 63.1 cm³/mol. The number of nitrogens with two attached hydrogens (primary N) is 1. The second-order valence-electron chi connectivity index (χ2n) is 5.21. The van der Waals surface area contributed by atoms with Crippen LogP contribution in [0.25, 0.3) is 0 Å². The minimum absolute atomic E-state index is 0.0349. The Bertz CT molecular complexity index is 351. The first-order valence-electron chi connectivity index (χ1n) is 5.93. The van der Waals surface area contributed by atoms with Crippen LogP contribution < -0.4 is 5.73 Å². The van der Waals surface area contributed by atoms with E-state index >= 15 is 0 Å². The molecule has 2 saturated heterocycles. The third-order valence-electron chi connectivity index (χ3n) is 3.73. The van der Waals surface area contributed by atoms with Gasteiger partial charge in [-0.3, -0.25) is 0 Å². The second-order valence-corrected chi connectivity index (χ2v) is 7.14. The Morgan fingerprint density at radius 1 is 1.19 bits per heavy atom. The molecule has 2 heterocycles. The Balaban J connectivity index is 2.08. The molecule has 0 aromatic rings. The summed E-state index contributed by atoms with van der Waals surface area (Å²) in [5.41, 5.74) is 5.66. The number of rotatable bonds is 3. The van der Waals surface area contributed by atoms with Crippen LogP contribution in [-0.2, 0) is 10.2 Å². The summed E-state index contributed by atoms with van der Waals surface area (Å²) < 4.78 is 27.7. The minimum atomic E-state index is -3.21. The van der Waals surface area contributed by atoms with Gasteiger partial charge in [0.15, 0.2) is 0 Å². The van der Waals surface area contributed by atoms with E-state index in [4.69, 9.17) is 5.73 Å². The fraction of sp³-hybridized carbons (Fsp3) is 1.00. The molecule has 6 heteroatoms. The fourth-order valence-corrected chi connectivity index (χ4v) is 4.27. The van der Waals surface area contributed by atoms with E-state index in [1.165, 1.54) is 0 Å². The predicted octanol–water partition coefficient (Wildman–Crippen LogP) is -0.00230. The zero-order chi connectivity index (χ0) is 11.8. The molecule has 2 N–H and O–H groups in total. The molecule has 94 valence electrons. The Kier molecular flexibility index (Phi) is 3.27. The van der Waals surface area contributed by atoms with E-state index in [1.54, 1.807) is 8.61 Å². The van der Waals surface area contributed by atoms with Gasteiger partial charge in [0.1, 0.15) is 0 Å². The minimum Gasteiger partial charge on any atom is -0.330 e. The van der Waals surface area contributed by atoms with Gasteiger partial charge in [-0.2, -0.15) is 17.0 Å². The summed E-state index contributed by atoms with van der Waals surface area (Å²) in [6, 6.07) is 0. The van der Waals surface area contributed by atoms with Crippen LogP contribution >= 0.6 is 0 Å². The molecule has 2 rings (SSSR count). The second kappa shape index (κ2) is 4.25. The maximum Gasteiger partial charge on any atom is 0.281 e. The van der Waals surface area contributed by atoms with Crippen molar-refractivity contribution in [2.24, 2.45) is 11.1 Å². The maximum absolute atomic E-state index is 12.2. The van der Waals surface area contributed by atoms with Crippen molar-refractivity contribution in [2.45, 2.75) is 26.2 Å². The number of nitrogens with zero attached hydrogens (tertiary/aromatic N) is 2. The first-order valence-corrected chi connectivity index (χ1v) is 7.33. The van der Waals surface area contributed by atoms with Crippen LogP contribution in [0.15, 0.2) is 0 Å². The van der Waals surface area contributed by atoms with E-state index in [0.29, 0.717) is 32.7 Å². The molecule has 0 spiro atoms. The zero-order valence-corrected chi connectivity index (χ0v) is 10.7. The van der Waals surface area contributed by atoms with Crippen molar-refractivity contribution in [3.05, 3.63) is 0 Å². The summed E-state index contributed by atoms with van der Waals surface area (Å²) in [4.78, 5) is 0. The molecule has 2 fully saturated rings. The Morgan fingerprint density at radius 2 is 1.81 bits per heavy atom. The quantitative estimate of drug-likeness (QED) is 0.763. The van der Waals surface area contributed by atoms with Gasteiger partial charge < -0.3 is 5.73 Å². The number of hydrogen-bond acceptors (Lipinski definition) is 3. The van der Waals surface area contributed by atoms with Gasteiger partial charge in [0.2, 0.25) is 0 Å². The molecular weight excluding hydrogens is 226 g/mol. The van der Waals surface area contributed by atoms with Crippen LogP contribution in [0.4, 0.5) is 0 Å². The van der Waals surface area contributed by atoms with Crippen LogP contribution in [0, 0.1) is 5.41 Å². The molecule has 0 aromatic carbocycles. The summed E-state index contributed by atoms with van der Waals surface area (Å²) in [6.45, 7) is 5.16. The normalized spacial score (nSPS) is 33.6. The lowest BCUT2D eigenvalue weighted by atomic mass is 9.90. The van der Waals surface area contributed by atoms with Crippen molar-refractivity contribution >= 4 is 10.2 Å². The van der Waals surface area contributed by atoms with Gasteiger partial charge in [-0.25, -0.2) is 0 Å². The van der Waals surface area contributed by atoms with Crippen molar-refractivity contribution in [3.8, 4) is 0 Å². The average molecular weight is 247 g/mol. The largest absolute Gasteiger partial charge is 0.330 e. The zero-order valence-electron chi connectivity index (χ0n) is 9.85. The van der Waals surface area contributed by atoms with Crippen molar-refractivity contribution in [1.29, 1.82) is 0 Å². The van der Waals surface area contributed by atoms with Gasteiger partial charge in [-0.1, -0.05) is 6.92 Å². The van der Waals surface area contributed by atoms with Crippen LogP contribution in [0.3, 0.4) is 0 Å². The van der Waals surface area contributed by atoms with Crippen molar-refractivity contribution in [2.75, 3.05) is 32.7 Å². The molecule has 0 bridgehead atoms. The smallest absolute Gasteiger partial charge is 0.281 e. The van der Waals surface area contributed by atoms with E-state index in [0.717, 1.165) is 19.3 Å². The average Bonchev–Trinajstić information content (AvgIpc) is 2.87. The SMILES string of the molecule is CC1(CN)CCN(S(=O)(=O)N2CCCC2)C1. The first kappa shape index (κ1) is 12.3. The molecule has 16 heavy (non-hydrogen) atoms. The Hall–Kier alpha value is -0.170. The van der Waals surface area contributed by atoms with Crippen LogP contribution in [-0.4, -0.2) is 49.8 Å². The third-order valence-corrected chi connectivity index (χ3v) is 5.72. The molecule has 2 aliphatic rings. The first-order chi connectivity index (χ1) is 7.48. The van der Waals surface area contributed by atoms with Crippen LogP contribution in [0.2, 0.25) is 0 Å². The molecule has 0 saturated carbocycles. The van der Waals surface area contributed by atoms with Gasteiger partial charge in [0.05, 0.1) is 0 Å². The van der Waals surface area contributed by atoms with Gasteiger partial charge in [0.25, 0.3) is 10.2 Å². The monoisotopic (exact) mass is 247 g/mol.